The first-order valence-electron chi connectivity index (χ1n) is 52.3. The van der Waals surface area contributed by atoms with Gasteiger partial charge in [0.25, 0.3) is 0 Å². The minimum absolute atomic E-state index is 0.293. The number of hydrogen-bond acceptors (Lipinski definition) is 0. The van der Waals surface area contributed by atoms with E-state index < -0.39 is 0 Å². The number of hydrogen-bond donors (Lipinski definition) is 0. The molecule has 13 rings (SSSR count). The predicted molar refractivity (Wildman–Crippen MR) is 603 cm³/mol. The molecule has 0 saturated heterocycles. The SMILES string of the molecule is C1CCC(CC2CCCCC2)CC1.CC.CC.CC.CC.CC.CC.CC.CC.CC.CC.CC.CC.CC.CC.CC(C)(C)C.CC(C)(C)c1ccccc1.CCC.CCC1(C)CCCC(C)(C)C1.CCc1ccccc1.Cc1ccccc1.Cc1ccccc1.c1ccc(-c2ccccc2)cc1.c1ccc(Cc2ccccc2)cc1.c1ccc2ccccc2c1. The van der Waals surface area contributed by atoms with Gasteiger partial charge in [0, 0.05) is 0 Å². The number of fused-ring (bicyclic) bond motifs is 1. The smallest absolute Gasteiger partial charge is 0.00258 e. The lowest BCUT2D eigenvalue weighted by atomic mass is 9.63. The Bertz CT molecular complexity index is 3200. The summed E-state index contributed by atoms with van der Waals surface area (Å²) < 4.78 is 0. The third-order valence-electron chi connectivity index (χ3n) is 17.9. The molecule has 1 atom stereocenters. The molecule has 0 N–H and O–H groups in total. The fourth-order valence-electron chi connectivity index (χ4n) is 12.5. The van der Waals surface area contributed by atoms with E-state index in [1.54, 1.807) is 32.1 Å². The van der Waals surface area contributed by atoms with Crippen molar-refractivity contribution < 1.29 is 0 Å². The Kier molecular flexibility index (Phi) is 131. The molecular weight excluding hydrogens is 1530 g/mol. The molecule has 0 aromatic heterocycles. The standard InChI is InChI=1S/C13H24.C13H12.C12H10.C11H22.C10H8.C10H14.C8H10.2C7H8.C5H12.C3H8.14C2H6/c2*1-3-7-12(8-4-1)11-13-9-5-2-6-10-13;1-3-7-11(8-4-1)12-9-5-2-6-10-12;1-5-11(4)8-6-7-10(2,3)9-11;1-2-6-10-8-4-3-7-9(10)5-1;1-10(2,3)9-7-5-4-6-8-9;1-2-8-6-4-3-5-7-8;2*1-7-5-3-2-4-6-7;1-5(2,3)4;1-3-2;14*1-2/h12-13H,1-11H2;1-10H,11H2;1-10H;5-9H2,1-4H3;1-8H;4-8H,1-3H3;3-7H,2H2,1H3;2*2-6H,1H3;1-4H3;3H2,1-2H3;14*1-2H3. The average molecular weight is 1750 g/mol. The van der Waals surface area contributed by atoms with Crippen LogP contribution in [-0.2, 0) is 18.3 Å². The van der Waals surface area contributed by atoms with Crippen LogP contribution in [0.4, 0.5) is 0 Å². The van der Waals surface area contributed by atoms with Gasteiger partial charge in [-0.15, -0.1) is 0 Å². The highest BCUT2D eigenvalue weighted by atomic mass is 14.4. The molecule has 0 bridgehead atoms. The topological polar surface area (TPSA) is 0 Å². The van der Waals surface area contributed by atoms with Crippen molar-refractivity contribution in [2.45, 2.75) is 432 Å². The van der Waals surface area contributed by atoms with E-state index in [9.17, 15) is 0 Å². The summed E-state index contributed by atoms with van der Waals surface area (Å²) in [4.78, 5) is 0. The first kappa shape index (κ1) is 145. The van der Waals surface area contributed by atoms with E-state index in [2.05, 4.69) is 347 Å². The van der Waals surface area contributed by atoms with E-state index in [0.717, 1.165) is 24.7 Å². The van der Waals surface area contributed by atoms with E-state index in [-0.39, 0.29) is 0 Å². The van der Waals surface area contributed by atoms with Crippen molar-refractivity contribution in [3.63, 3.8) is 0 Å². The van der Waals surface area contributed by atoms with Crippen molar-refractivity contribution in [2.24, 2.45) is 28.1 Å². The van der Waals surface area contributed by atoms with E-state index >= 15 is 0 Å². The molecule has 10 aromatic rings. The van der Waals surface area contributed by atoms with Gasteiger partial charge >= 0.3 is 0 Å². The highest BCUT2D eigenvalue weighted by Crippen LogP contribution is 2.47. The van der Waals surface area contributed by atoms with Gasteiger partial charge in [-0.25, -0.2) is 0 Å². The van der Waals surface area contributed by atoms with Crippen LogP contribution >= 0.6 is 0 Å². The first-order chi connectivity index (χ1) is 61.5. The Morgan fingerprint density at radius 1 is 0.268 bits per heavy atom. The van der Waals surface area contributed by atoms with Crippen LogP contribution in [0.25, 0.3) is 21.9 Å². The van der Waals surface area contributed by atoms with Crippen LogP contribution in [0.2, 0.25) is 0 Å². The van der Waals surface area contributed by atoms with Crippen LogP contribution in [0.15, 0.2) is 291 Å². The third-order valence-corrected chi connectivity index (χ3v) is 17.9. The summed E-state index contributed by atoms with van der Waals surface area (Å²) in [6.45, 7) is 91.6. The van der Waals surface area contributed by atoms with Gasteiger partial charge in [0.1, 0.15) is 0 Å². The molecule has 0 spiro atoms. The van der Waals surface area contributed by atoms with E-state index in [1.807, 2.05) is 248 Å². The van der Waals surface area contributed by atoms with Crippen molar-refractivity contribution in [3.05, 3.63) is 325 Å². The summed E-state index contributed by atoms with van der Waals surface area (Å²) in [6, 6.07) is 100. The molecule has 0 amide bonds. The van der Waals surface area contributed by atoms with Crippen LogP contribution in [-0.4, -0.2) is 0 Å². The van der Waals surface area contributed by atoms with Crippen LogP contribution < -0.4 is 0 Å². The summed E-state index contributed by atoms with van der Waals surface area (Å²) in [6.07, 6.45) is 27.5. The van der Waals surface area contributed by atoms with Crippen LogP contribution in [0, 0.1) is 41.9 Å². The summed E-state index contributed by atoms with van der Waals surface area (Å²) in [5, 5.41) is 2.62. The van der Waals surface area contributed by atoms with Crippen LogP contribution in [0.1, 0.15) is 433 Å². The maximum Gasteiger partial charge on any atom is -0.00258 e. The van der Waals surface area contributed by atoms with Crippen LogP contribution in [0.3, 0.4) is 0 Å². The van der Waals surface area contributed by atoms with E-state index in [4.69, 9.17) is 0 Å². The van der Waals surface area contributed by atoms with Gasteiger partial charge in [0.2, 0.25) is 0 Å². The number of aryl methyl sites for hydroxylation is 3. The second-order valence-electron chi connectivity index (χ2n) is 31.3. The van der Waals surface area contributed by atoms with Crippen molar-refractivity contribution in [1.82, 2.24) is 0 Å². The van der Waals surface area contributed by atoms with Gasteiger partial charge < -0.3 is 0 Å². The molecule has 728 valence electrons. The Morgan fingerprint density at radius 3 is 0.677 bits per heavy atom. The van der Waals surface area contributed by atoms with Crippen LogP contribution in [0.5, 0.6) is 0 Å². The van der Waals surface area contributed by atoms with Gasteiger partial charge in [-0.1, -0.05) is 677 Å². The summed E-state index contributed by atoms with van der Waals surface area (Å²) >= 11 is 0. The highest BCUT2D eigenvalue weighted by molar-refractivity contribution is 5.82. The van der Waals surface area contributed by atoms with Gasteiger partial charge in [-0.2, -0.15) is 0 Å². The minimum Gasteiger partial charge on any atom is -0.0683 e. The largest absolute Gasteiger partial charge is 0.0683 e. The molecule has 0 nitrogen and oxygen atoms in total. The molecule has 0 aliphatic heterocycles. The van der Waals surface area contributed by atoms with E-state index in [0.29, 0.717) is 21.7 Å². The minimum atomic E-state index is 0.293. The van der Waals surface area contributed by atoms with Crippen molar-refractivity contribution in [3.8, 4) is 11.1 Å². The quantitative estimate of drug-likeness (QED) is 0.149. The molecule has 3 fully saturated rings. The predicted octanol–water partition coefficient (Wildman–Crippen LogP) is 45.1. The lowest BCUT2D eigenvalue weighted by Crippen LogP contribution is -2.30. The first-order valence-corrected chi connectivity index (χ1v) is 52.3. The normalized spacial score (nSPS) is 12.5. The molecule has 3 aliphatic rings. The maximum absolute atomic E-state index is 2.45. The molecule has 3 saturated carbocycles. The zero-order chi connectivity index (χ0) is 100. The monoisotopic (exact) mass is 1750 g/mol. The summed E-state index contributed by atoms with van der Waals surface area (Å²) in [5.74, 6) is 2.24. The molecule has 10 aromatic carbocycles. The summed E-state index contributed by atoms with van der Waals surface area (Å²) in [7, 11) is 0. The lowest BCUT2D eigenvalue weighted by Gasteiger charge is -2.42. The Hall–Kier alpha value is -7.54. The molecule has 0 heteroatoms. The number of rotatable bonds is 7. The van der Waals surface area contributed by atoms with Crippen molar-refractivity contribution in [1.29, 1.82) is 0 Å². The maximum atomic E-state index is 2.45. The van der Waals surface area contributed by atoms with E-state index in [1.165, 1.54) is 132 Å². The fraction of sp³-hybridized carbons (Fsp3) is 0.543. The second-order valence-corrected chi connectivity index (χ2v) is 31.3. The van der Waals surface area contributed by atoms with Crippen molar-refractivity contribution >= 4 is 10.8 Å². The number of benzene rings is 10. The molecular formula is C127H220. The van der Waals surface area contributed by atoms with Gasteiger partial charge in [-0.3, -0.25) is 0 Å². The Morgan fingerprint density at radius 2 is 0.488 bits per heavy atom. The summed E-state index contributed by atoms with van der Waals surface area (Å²) in [5.41, 5.74) is 12.8. The molecule has 1 unspecified atom stereocenters. The second kappa shape index (κ2) is 115. The highest BCUT2D eigenvalue weighted by Gasteiger charge is 2.35. The van der Waals surface area contributed by atoms with Gasteiger partial charge in [0.15, 0.2) is 0 Å². The Balaban J connectivity index is -0.000000112. The molecule has 0 radical (unpaired) electrons. The Labute approximate surface area is 801 Å². The average Bonchev–Trinajstić information content (AvgIpc) is 0.820. The zero-order valence-corrected chi connectivity index (χ0v) is 93.3. The zero-order valence-electron chi connectivity index (χ0n) is 93.3. The third kappa shape index (κ3) is 98.9. The molecule has 3 aliphatic carbocycles. The van der Waals surface area contributed by atoms with Gasteiger partial charge in [0.05, 0.1) is 0 Å². The molecule has 127 heavy (non-hydrogen) atoms. The van der Waals surface area contributed by atoms with Gasteiger partial charge in [-0.05, 0) is 130 Å². The molecule has 0 heterocycles. The fourth-order valence-corrected chi connectivity index (χ4v) is 12.5. The van der Waals surface area contributed by atoms with Crippen molar-refractivity contribution in [2.75, 3.05) is 0 Å². The lowest BCUT2D eigenvalue weighted by molar-refractivity contribution is 0.0957.